The number of ether oxygens (including phenoxy) is 1. The Hall–Kier alpha value is -1.42. The number of cyclic esters (lactones) is 1. The second kappa shape index (κ2) is 3.03. The SMILES string of the molecule is CC1(C)OC(=O)c2cc(C(N)=S)ccc21. The Kier molecular flexibility index (Phi) is 2.04. The topological polar surface area (TPSA) is 52.3 Å². The van der Waals surface area contributed by atoms with Crippen LogP contribution in [-0.4, -0.2) is 11.0 Å². The van der Waals surface area contributed by atoms with E-state index < -0.39 is 5.60 Å². The average molecular weight is 221 g/mol. The van der Waals surface area contributed by atoms with Crippen LogP contribution in [-0.2, 0) is 10.3 Å². The number of carbonyl (C=O) groups excluding carboxylic acids is 1. The number of thiocarbonyl (C=S) groups is 1. The fourth-order valence-corrected chi connectivity index (χ4v) is 1.86. The van der Waals surface area contributed by atoms with Gasteiger partial charge in [0.2, 0.25) is 0 Å². The van der Waals surface area contributed by atoms with Gasteiger partial charge in [0.05, 0.1) is 5.56 Å². The minimum absolute atomic E-state index is 0.287. The fourth-order valence-electron chi connectivity index (χ4n) is 1.73. The van der Waals surface area contributed by atoms with Gasteiger partial charge in [-0.15, -0.1) is 0 Å². The molecule has 0 spiro atoms. The van der Waals surface area contributed by atoms with Crippen molar-refractivity contribution < 1.29 is 9.53 Å². The summed E-state index contributed by atoms with van der Waals surface area (Å²) < 4.78 is 5.23. The van der Waals surface area contributed by atoms with E-state index in [0.29, 0.717) is 11.1 Å². The highest BCUT2D eigenvalue weighted by molar-refractivity contribution is 7.80. The fraction of sp³-hybridized carbons (Fsp3) is 0.273. The molecule has 3 nitrogen and oxygen atoms in total. The van der Waals surface area contributed by atoms with Gasteiger partial charge in [-0.2, -0.15) is 0 Å². The number of nitrogens with two attached hydrogens (primary N) is 1. The molecule has 1 aliphatic heterocycles. The van der Waals surface area contributed by atoms with Gasteiger partial charge in [-0.1, -0.05) is 24.4 Å². The molecule has 78 valence electrons. The summed E-state index contributed by atoms with van der Waals surface area (Å²) in [6.07, 6.45) is 0. The number of fused-ring (bicyclic) bond motifs is 1. The summed E-state index contributed by atoms with van der Waals surface area (Å²) in [5.74, 6) is -0.312. The Morgan fingerprint density at radius 1 is 1.47 bits per heavy atom. The lowest BCUT2D eigenvalue weighted by molar-refractivity contribution is 0.00954. The molecule has 0 atom stereocenters. The molecule has 2 rings (SSSR count). The summed E-state index contributed by atoms with van der Waals surface area (Å²) in [5.41, 5.74) is 7.08. The zero-order valence-corrected chi connectivity index (χ0v) is 9.35. The van der Waals surface area contributed by atoms with Crippen LogP contribution in [0, 0.1) is 0 Å². The van der Waals surface area contributed by atoms with E-state index in [0.717, 1.165) is 5.56 Å². The summed E-state index contributed by atoms with van der Waals surface area (Å²) in [7, 11) is 0. The van der Waals surface area contributed by atoms with Crippen LogP contribution in [0.15, 0.2) is 18.2 Å². The van der Waals surface area contributed by atoms with Gasteiger partial charge in [0, 0.05) is 11.1 Å². The van der Waals surface area contributed by atoms with Crippen molar-refractivity contribution in [1.82, 2.24) is 0 Å². The van der Waals surface area contributed by atoms with Crippen LogP contribution in [0.5, 0.6) is 0 Å². The van der Waals surface area contributed by atoms with Gasteiger partial charge >= 0.3 is 5.97 Å². The number of carbonyl (C=O) groups is 1. The number of rotatable bonds is 1. The summed E-state index contributed by atoms with van der Waals surface area (Å²) in [5, 5.41) is 0. The Labute approximate surface area is 93.2 Å². The van der Waals surface area contributed by atoms with Crippen molar-refractivity contribution in [3.8, 4) is 0 Å². The van der Waals surface area contributed by atoms with Crippen molar-refractivity contribution >= 4 is 23.2 Å². The third-order valence-electron chi connectivity index (χ3n) is 2.52. The van der Waals surface area contributed by atoms with E-state index in [1.165, 1.54) is 0 Å². The molecule has 4 heteroatoms. The minimum atomic E-state index is -0.554. The number of benzene rings is 1. The number of esters is 1. The lowest BCUT2D eigenvalue weighted by atomic mass is 9.94. The van der Waals surface area contributed by atoms with Crippen molar-refractivity contribution in [3.63, 3.8) is 0 Å². The quantitative estimate of drug-likeness (QED) is 0.579. The predicted molar refractivity (Wildman–Crippen MR) is 60.8 cm³/mol. The van der Waals surface area contributed by atoms with E-state index in [1.807, 2.05) is 26.0 Å². The van der Waals surface area contributed by atoms with Gasteiger partial charge in [0.1, 0.15) is 10.6 Å². The van der Waals surface area contributed by atoms with Gasteiger partial charge in [-0.3, -0.25) is 0 Å². The highest BCUT2D eigenvalue weighted by Crippen LogP contribution is 2.35. The standard InChI is InChI=1S/C11H11NO2S/c1-11(2)8-4-3-6(9(12)15)5-7(8)10(13)14-11/h3-5H,1-2H3,(H2,12,15). The molecule has 0 radical (unpaired) electrons. The number of hydrogen-bond acceptors (Lipinski definition) is 3. The lowest BCUT2D eigenvalue weighted by Crippen LogP contribution is -2.16. The molecule has 0 saturated carbocycles. The van der Waals surface area contributed by atoms with Crippen molar-refractivity contribution in [2.45, 2.75) is 19.4 Å². The molecule has 0 unspecified atom stereocenters. The van der Waals surface area contributed by atoms with E-state index in [-0.39, 0.29) is 11.0 Å². The molecule has 0 saturated heterocycles. The molecule has 1 aromatic rings. The summed E-state index contributed by atoms with van der Waals surface area (Å²) in [6, 6.07) is 5.34. The second-order valence-corrected chi connectivity index (χ2v) is 4.46. The van der Waals surface area contributed by atoms with Gasteiger partial charge in [-0.05, 0) is 19.9 Å². The third kappa shape index (κ3) is 1.51. The lowest BCUT2D eigenvalue weighted by Gasteiger charge is -2.17. The zero-order chi connectivity index (χ0) is 11.2. The van der Waals surface area contributed by atoms with E-state index >= 15 is 0 Å². The van der Waals surface area contributed by atoms with Crippen LogP contribution in [0.3, 0.4) is 0 Å². The summed E-state index contributed by atoms with van der Waals surface area (Å²) >= 11 is 4.85. The maximum absolute atomic E-state index is 11.5. The van der Waals surface area contributed by atoms with Crippen molar-refractivity contribution in [1.29, 1.82) is 0 Å². The maximum Gasteiger partial charge on any atom is 0.339 e. The zero-order valence-electron chi connectivity index (χ0n) is 8.53. The molecule has 0 fully saturated rings. The van der Waals surface area contributed by atoms with Gasteiger partial charge < -0.3 is 10.5 Å². The van der Waals surface area contributed by atoms with Crippen LogP contribution < -0.4 is 5.73 Å². The maximum atomic E-state index is 11.5. The Bertz CT molecular complexity index is 466. The van der Waals surface area contributed by atoms with Crippen LogP contribution in [0.4, 0.5) is 0 Å². The second-order valence-electron chi connectivity index (χ2n) is 4.02. The summed E-state index contributed by atoms with van der Waals surface area (Å²) in [4.78, 5) is 11.8. The highest BCUT2D eigenvalue weighted by Gasteiger charge is 2.37. The predicted octanol–water partition coefficient (Wildman–Crippen LogP) is 1.73. The Morgan fingerprint density at radius 3 is 2.73 bits per heavy atom. The smallest absolute Gasteiger partial charge is 0.339 e. The van der Waals surface area contributed by atoms with Crippen molar-refractivity contribution in [2.75, 3.05) is 0 Å². The first-order chi connectivity index (χ1) is 6.92. The molecule has 15 heavy (non-hydrogen) atoms. The van der Waals surface area contributed by atoms with Crippen molar-refractivity contribution in [2.24, 2.45) is 5.73 Å². The highest BCUT2D eigenvalue weighted by atomic mass is 32.1. The molecule has 0 aromatic heterocycles. The molecule has 1 heterocycles. The van der Waals surface area contributed by atoms with Crippen LogP contribution in [0.2, 0.25) is 0 Å². The molecule has 0 aliphatic carbocycles. The molecule has 1 aromatic carbocycles. The molecular weight excluding hydrogens is 210 g/mol. The van der Waals surface area contributed by atoms with Crippen molar-refractivity contribution in [3.05, 3.63) is 34.9 Å². The first-order valence-electron chi connectivity index (χ1n) is 4.59. The largest absolute Gasteiger partial charge is 0.451 e. The third-order valence-corrected chi connectivity index (χ3v) is 2.76. The average Bonchev–Trinajstić information content (AvgIpc) is 2.37. The van der Waals surface area contributed by atoms with Gasteiger partial charge in [-0.25, -0.2) is 4.79 Å². The van der Waals surface area contributed by atoms with Crippen LogP contribution >= 0.6 is 12.2 Å². The van der Waals surface area contributed by atoms with Gasteiger partial charge in [0.25, 0.3) is 0 Å². The summed E-state index contributed by atoms with van der Waals surface area (Å²) in [6.45, 7) is 3.72. The number of hydrogen-bond donors (Lipinski definition) is 1. The molecule has 0 bridgehead atoms. The first kappa shape index (κ1) is 10.1. The minimum Gasteiger partial charge on any atom is -0.451 e. The van der Waals surface area contributed by atoms with Crippen LogP contribution in [0.1, 0.15) is 35.3 Å². The van der Waals surface area contributed by atoms with E-state index in [9.17, 15) is 4.79 Å². The normalized spacial score (nSPS) is 17.1. The Morgan fingerprint density at radius 2 is 2.13 bits per heavy atom. The first-order valence-corrected chi connectivity index (χ1v) is 5.00. The molecule has 1 aliphatic rings. The van der Waals surface area contributed by atoms with E-state index in [2.05, 4.69) is 0 Å². The monoisotopic (exact) mass is 221 g/mol. The molecule has 2 N–H and O–H groups in total. The van der Waals surface area contributed by atoms with Crippen LogP contribution in [0.25, 0.3) is 0 Å². The molecular formula is C11H11NO2S. The van der Waals surface area contributed by atoms with E-state index in [1.54, 1.807) is 6.07 Å². The Balaban J connectivity index is 2.60. The van der Waals surface area contributed by atoms with E-state index in [4.69, 9.17) is 22.7 Å². The molecule has 0 amide bonds. The van der Waals surface area contributed by atoms with Gasteiger partial charge in [0.15, 0.2) is 0 Å².